The fourth-order valence-electron chi connectivity index (χ4n) is 3.44. The second-order valence-corrected chi connectivity index (χ2v) is 6.84. The Morgan fingerprint density at radius 3 is 2.07 bits per heavy atom. The highest BCUT2D eigenvalue weighted by atomic mass is 19.1. The van der Waals surface area contributed by atoms with E-state index in [1.807, 2.05) is 0 Å². The van der Waals surface area contributed by atoms with Crippen LogP contribution in [0.2, 0.25) is 0 Å². The van der Waals surface area contributed by atoms with E-state index in [-0.39, 0.29) is 23.2 Å². The Balaban J connectivity index is 1.69. The van der Waals surface area contributed by atoms with Crippen molar-refractivity contribution >= 4 is 23.4 Å². The van der Waals surface area contributed by atoms with Crippen molar-refractivity contribution < 1.29 is 23.2 Å². The summed E-state index contributed by atoms with van der Waals surface area (Å²) in [4.78, 5) is 39.8. The van der Waals surface area contributed by atoms with Gasteiger partial charge < -0.3 is 5.32 Å². The number of amides is 3. The molecule has 4 rings (SSSR count). The van der Waals surface area contributed by atoms with Crippen molar-refractivity contribution in [2.24, 2.45) is 0 Å². The van der Waals surface area contributed by atoms with Crippen LogP contribution in [0.1, 0.15) is 26.3 Å². The molecule has 3 amide bonds. The van der Waals surface area contributed by atoms with Gasteiger partial charge in [0.15, 0.2) is 0 Å². The number of carbonyl (C=O) groups is 3. The van der Waals surface area contributed by atoms with Gasteiger partial charge in [-0.1, -0.05) is 42.5 Å². The first-order valence-electron chi connectivity index (χ1n) is 9.22. The molecule has 0 bridgehead atoms. The highest BCUT2D eigenvalue weighted by Crippen LogP contribution is 2.27. The number of nitrogens with zero attached hydrogens (tertiary/aromatic N) is 1. The van der Waals surface area contributed by atoms with Crippen molar-refractivity contribution in [3.8, 4) is 0 Å². The number of fused-ring (bicyclic) bond motifs is 1. The van der Waals surface area contributed by atoms with Crippen molar-refractivity contribution in [2.75, 3.05) is 5.32 Å². The lowest BCUT2D eigenvalue weighted by Crippen LogP contribution is -2.48. The molecule has 1 aliphatic rings. The molecule has 3 aromatic rings. The molecule has 0 saturated heterocycles. The van der Waals surface area contributed by atoms with Gasteiger partial charge in [-0.3, -0.25) is 19.3 Å². The van der Waals surface area contributed by atoms with Gasteiger partial charge in [0.2, 0.25) is 5.91 Å². The lowest BCUT2D eigenvalue weighted by atomic mass is 10.0. The first-order chi connectivity index (χ1) is 14.5. The minimum absolute atomic E-state index is 0.0426. The Morgan fingerprint density at radius 1 is 0.867 bits per heavy atom. The number of anilines is 1. The molecule has 30 heavy (non-hydrogen) atoms. The van der Waals surface area contributed by atoms with Gasteiger partial charge in [-0.2, -0.15) is 0 Å². The van der Waals surface area contributed by atoms with Crippen LogP contribution >= 0.6 is 0 Å². The molecule has 1 atom stereocenters. The summed E-state index contributed by atoms with van der Waals surface area (Å²) in [5, 5.41) is 2.38. The van der Waals surface area contributed by atoms with Crippen LogP contribution < -0.4 is 5.32 Å². The molecule has 7 heteroatoms. The van der Waals surface area contributed by atoms with Crippen LogP contribution in [-0.2, 0) is 11.2 Å². The molecular formula is C23H16F2N2O3. The minimum atomic E-state index is -1.22. The second kappa shape index (κ2) is 7.87. The molecule has 3 aromatic carbocycles. The van der Waals surface area contributed by atoms with Gasteiger partial charge in [0, 0.05) is 12.5 Å². The average molecular weight is 406 g/mol. The summed E-state index contributed by atoms with van der Waals surface area (Å²) in [5.41, 5.74) is 0.896. The Labute approximate surface area is 170 Å². The van der Waals surface area contributed by atoms with E-state index in [0.717, 1.165) is 17.0 Å². The quantitative estimate of drug-likeness (QED) is 0.656. The van der Waals surface area contributed by atoms with E-state index >= 15 is 0 Å². The molecule has 0 saturated carbocycles. The highest BCUT2D eigenvalue weighted by Gasteiger charge is 2.42. The summed E-state index contributed by atoms with van der Waals surface area (Å²) in [6.45, 7) is 0. The van der Waals surface area contributed by atoms with Crippen LogP contribution in [0.4, 0.5) is 14.5 Å². The second-order valence-electron chi connectivity index (χ2n) is 6.84. The zero-order chi connectivity index (χ0) is 21.3. The molecule has 0 fully saturated rings. The van der Waals surface area contributed by atoms with E-state index in [1.165, 1.54) is 12.1 Å². The van der Waals surface area contributed by atoms with Gasteiger partial charge in [0.05, 0.1) is 16.8 Å². The third-order valence-corrected chi connectivity index (χ3v) is 4.90. The van der Waals surface area contributed by atoms with Gasteiger partial charge in [-0.25, -0.2) is 8.78 Å². The van der Waals surface area contributed by atoms with Crippen LogP contribution in [0.25, 0.3) is 0 Å². The Bertz CT molecular complexity index is 1110. The lowest BCUT2D eigenvalue weighted by Gasteiger charge is -2.25. The molecule has 0 radical (unpaired) electrons. The van der Waals surface area contributed by atoms with Gasteiger partial charge in [-0.05, 0) is 29.8 Å². The van der Waals surface area contributed by atoms with Gasteiger partial charge >= 0.3 is 0 Å². The van der Waals surface area contributed by atoms with Crippen molar-refractivity contribution in [1.29, 1.82) is 0 Å². The number of carbonyl (C=O) groups excluding carboxylic acids is 3. The number of rotatable bonds is 5. The number of imide groups is 1. The number of hydrogen-bond acceptors (Lipinski definition) is 3. The van der Waals surface area contributed by atoms with Crippen molar-refractivity contribution in [3.63, 3.8) is 0 Å². The maximum Gasteiger partial charge on any atom is 0.262 e. The summed E-state index contributed by atoms with van der Waals surface area (Å²) in [6, 6.07) is 16.7. The molecular weight excluding hydrogens is 390 g/mol. The summed E-state index contributed by atoms with van der Waals surface area (Å²) in [5.74, 6) is -3.67. The largest absolute Gasteiger partial charge is 0.322 e. The summed E-state index contributed by atoms with van der Waals surface area (Å²) < 4.78 is 27.2. The number of hydrogen-bond donors (Lipinski definition) is 1. The van der Waals surface area contributed by atoms with Crippen LogP contribution in [0.5, 0.6) is 0 Å². The number of nitrogens with one attached hydrogen (secondary N) is 1. The summed E-state index contributed by atoms with van der Waals surface area (Å²) in [7, 11) is 0. The number of benzene rings is 3. The first-order valence-corrected chi connectivity index (χ1v) is 9.22. The van der Waals surface area contributed by atoms with Crippen LogP contribution in [-0.4, -0.2) is 28.7 Å². The molecule has 150 valence electrons. The molecule has 1 N–H and O–H groups in total. The van der Waals surface area contributed by atoms with Crippen molar-refractivity contribution in [1.82, 2.24) is 4.90 Å². The van der Waals surface area contributed by atoms with Gasteiger partial charge in [-0.15, -0.1) is 0 Å². The highest BCUT2D eigenvalue weighted by molar-refractivity contribution is 6.23. The van der Waals surface area contributed by atoms with E-state index in [2.05, 4.69) is 5.32 Å². The van der Waals surface area contributed by atoms with E-state index in [9.17, 15) is 23.2 Å². The lowest BCUT2D eigenvalue weighted by molar-refractivity contribution is -0.120. The van der Waals surface area contributed by atoms with Crippen LogP contribution in [0.15, 0.2) is 72.8 Å². The van der Waals surface area contributed by atoms with E-state index < -0.39 is 35.4 Å². The van der Waals surface area contributed by atoms with Crippen molar-refractivity contribution in [2.45, 2.75) is 12.5 Å². The SMILES string of the molecule is O=C(Nc1ccc(F)cc1F)C(Cc1ccccc1)N1C(=O)c2ccccc2C1=O. The first kappa shape index (κ1) is 19.4. The predicted octanol–water partition coefficient (Wildman–Crippen LogP) is 3.81. The fraction of sp³-hybridized carbons (Fsp3) is 0.0870. The normalized spacial score (nSPS) is 13.9. The monoisotopic (exact) mass is 406 g/mol. The zero-order valence-corrected chi connectivity index (χ0v) is 15.6. The minimum Gasteiger partial charge on any atom is -0.322 e. The Morgan fingerprint density at radius 2 is 1.47 bits per heavy atom. The summed E-state index contributed by atoms with van der Waals surface area (Å²) in [6.07, 6.45) is 0.0426. The summed E-state index contributed by atoms with van der Waals surface area (Å²) >= 11 is 0. The maximum absolute atomic E-state index is 14.0. The standard InChI is InChI=1S/C23H16F2N2O3/c24-15-10-11-19(18(25)13-15)26-21(28)20(12-14-6-2-1-3-7-14)27-22(29)16-8-4-5-9-17(16)23(27)30/h1-11,13,20H,12H2,(H,26,28). The molecule has 0 spiro atoms. The van der Waals surface area contributed by atoms with E-state index in [0.29, 0.717) is 11.6 Å². The molecule has 5 nitrogen and oxygen atoms in total. The van der Waals surface area contributed by atoms with Crippen LogP contribution in [0.3, 0.4) is 0 Å². The Kier molecular flexibility index (Phi) is 5.10. The third kappa shape index (κ3) is 3.57. The van der Waals surface area contributed by atoms with Crippen LogP contribution in [0, 0.1) is 11.6 Å². The maximum atomic E-state index is 14.0. The topological polar surface area (TPSA) is 66.5 Å². The zero-order valence-electron chi connectivity index (χ0n) is 15.6. The third-order valence-electron chi connectivity index (χ3n) is 4.90. The van der Waals surface area contributed by atoms with Crippen molar-refractivity contribution in [3.05, 3.63) is 101 Å². The van der Waals surface area contributed by atoms with E-state index in [4.69, 9.17) is 0 Å². The molecule has 1 heterocycles. The fourth-order valence-corrected chi connectivity index (χ4v) is 3.44. The molecule has 1 aliphatic heterocycles. The Hall–Kier alpha value is -3.87. The number of halogens is 2. The van der Waals surface area contributed by atoms with Gasteiger partial charge in [0.1, 0.15) is 17.7 Å². The van der Waals surface area contributed by atoms with Gasteiger partial charge in [0.25, 0.3) is 11.8 Å². The van der Waals surface area contributed by atoms with E-state index in [1.54, 1.807) is 42.5 Å². The average Bonchev–Trinajstić information content (AvgIpc) is 3.00. The molecule has 0 aliphatic carbocycles. The predicted molar refractivity (Wildman–Crippen MR) is 106 cm³/mol. The smallest absolute Gasteiger partial charge is 0.262 e. The molecule has 1 unspecified atom stereocenters. The molecule has 0 aromatic heterocycles.